The molecule has 0 aliphatic heterocycles. The zero-order valence-electron chi connectivity index (χ0n) is 15.4. The molecule has 0 spiro atoms. The van der Waals surface area contributed by atoms with Crippen molar-refractivity contribution < 1.29 is 24.2 Å². The number of para-hydroxylation sites is 1. The lowest BCUT2D eigenvalue weighted by molar-refractivity contribution is 0.0449. The third kappa shape index (κ3) is 4.76. The van der Waals surface area contributed by atoms with Gasteiger partial charge in [0, 0.05) is 0 Å². The molecule has 0 aromatic heterocycles. The molecular weight excluding hydrogens is 356 g/mol. The summed E-state index contributed by atoms with van der Waals surface area (Å²) in [5.74, 6) is 0.156. The Morgan fingerprint density at radius 2 is 1.43 bits per heavy atom. The number of aromatic hydroxyl groups is 1. The van der Waals surface area contributed by atoms with Crippen molar-refractivity contribution in [2.75, 3.05) is 13.2 Å². The zero-order chi connectivity index (χ0) is 19.9. The second-order valence-electron chi connectivity index (χ2n) is 6.16. The van der Waals surface area contributed by atoms with Crippen molar-refractivity contribution in [2.45, 2.75) is 6.92 Å². The molecule has 3 aromatic rings. The summed E-state index contributed by atoms with van der Waals surface area (Å²) >= 11 is 0. The van der Waals surface area contributed by atoms with Crippen LogP contribution in [0.4, 0.5) is 0 Å². The fraction of sp³-hybridized carbons (Fsp3) is 0.130. The molecule has 0 aliphatic rings. The zero-order valence-corrected chi connectivity index (χ0v) is 15.4. The SMILES string of the molecule is CC(=O)c1ccccc1OCCOC(=O)c1ccc(-c2ccc(O)cc2)cc1. The van der Waals surface area contributed by atoms with Crippen LogP contribution in [-0.2, 0) is 4.74 Å². The predicted octanol–water partition coefficient (Wildman–Crippen LogP) is 4.50. The van der Waals surface area contributed by atoms with Gasteiger partial charge in [-0.3, -0.25) is 4.79 Å². The first-order chi connectivity index (χ1) is 13.5. The molecule has 0 saturated heterocycles. The van der Waals surface area contributed by atoms with Gasteiger partial charge in [0.15, 0.2) is 5.78 Å². The number of ketones is 1. The Morgan fingerprint density at radius 3 is 2.07 bits per heavy atom. The van der Waals surface area contributed by atoms with Gasteiger partial charge >= 0.3 is 5.97 Å². The van der Waals surface area contributed by atoms with E-state index in [1.54, 1.807) is 60.7 Å². The molecule has 0 atom stereocenters. The number of hydrogen-bond acceptors (Lipinski definition) is 5. The van der Waals surface area contributed by atoms with Crippen LogP contribution < -0.4 is 4.74 Å². The van der Waals surface area contributed by atoms with Crippen LogP contribution in [-0.4, -0.2) is 30.1 Å². The third-order valence-corrected chi connectivity index (χ3v) is 4.16. The highest BCUT2D eigenvalue weighted by atomic mass is 16.6. The Hall–Kier alpha value is -3.60. The number of carbonyl (C=O) groups is 2. The number of hydrogen-bond donors (Lipinski definition) is 1. The summed E-state index contributed by atoms with van der Waals surface area (Å²) in [5.41, 5.74) is 2.81. The van der Waals surface area contributed by atoms with E-state index < -0.39 is 5.97 Å². The molecule has 0 unspecified atom stereocenters. The Morgan fingerprint density at radius 1 is 0.821 bits per heavy atom. The van der Waals surface area contributed by atoms with Gasteiger partial charge in [0.05, 0.1) is 11.1 Å². The first kappa shape index (κ1) is 19.2. The van der Waals surface area contributed by atoms with E-state index in [9.17, 15) is 14.7 Å². The molecule has 0 radical (unpaired) electrons. The van der Waals surface area contributed by atoms with E-state index in [1.807, 2.05) is 12.1 Å². The largest absolute Gasteiger partial charge is 0.508 e. The summed E-state index contributed by atoms with van der Waals surface area (Å²) in [6, 6.07) is 20.8. The number of phenolic OH excluding ortho intramolecular Hbond substituents is 1. The van der Waals surface area contributed by atoms with Crippen molar-refractivity contribution in [3.63, 3.8) is 0 Å². The molecular formula is C23H20O5. The van der Waals surface area contributed by atoms with Crippen LogP contribution in [0.5, 0.6) is 11.5 Å². The maximum atomic E-state index is 12.2. The van der Waals surface area contributed by atoms with Crippen LogP contribution in [0.2, 0.25) is 0 Å². The van der Waals surface area contributed by atoms with E-state index >= 15 is 0 Å². The van der Waals surface area contributed by atoms with Gasteiger partial charge < -0.3 is 14.6 Å². The molecule has 0 aliphatic carbocycles. The summed E-state index contributed by atoms with van der Waals surface area (Å²) in [6.07, 6.45) is 0. The van der Waals surface area contributed by atoms with Crippen LogP contribution in [0.1, 0.15) is 27.6 Å². The first-order valence-electron chi connectivity index (χ1n) is 8.84. The quantitative estimate of drug-likeness (QED) is 0.373. The van der Waals surface area contributed by atoms with E-state index in [0.29, 0.717) is 16.9 Å². The third-order valence-electron chi connectivity index (χ3n) is 4.16. The second-order valence-corrected chi connectivity index (χ2v) is 6.16. The van der Waals surface area contributed by atoms with Crippen LogP contribution in [0.15, 0.2) is 72.8 Å². The van der Waals surface area contributed by atoms with Gasteiger partial charge in [0.2, 0.25) is 0 Å². The van der Waals surface area contributed by atoms with Crippen LogP contribution in [0.25, 0.3) is 11.1 Å². The van der Waals surface area contributed by atoms with E-state index in [4.69, 9.17) is 9.47 Å². The lowest BCUT2D eigenvalue weighted by Gasteiger charge is -2.10. The lowest BCUT2D eigenvalue weighted by atomic mass is 10.0. The van der Waals surface area contributed by atoms with E-state index in [1.165, 1.54) is 6.92 Å². The fourth-order valence-corrected chi connectivity index (χ4v) is 2.71. The number of rotatable bonds is 7. The van der Waals surface area contributed by atoms with Gasteiger partial charge in [-0.05, 0) is 54.4 Å². The molecule has 3 rings (SSSR count). The van der Waals surface area contributed by atoms with Gasteiger partial charge in [0.25, 0.3) is 0 Å². The molecule has 0 saturated carbocycles. The van der Waals surface area contributed by atoms with Crippen molar-refractivity contribution in [1.29, 1.82) is 0 Å². The lowest BCUT2D eigenvalue weighted by Crippen LogP contribution is -2.13. The summed E-state index contributed by atoms with van der Waals surface area (Å²) in [6.45, 7) is 1.70. The van der Waals surface area contributed by atoms with Crippen molar-refractivity contribution in [3.05, 3.63) is 83.9 Å². The summed E-state index contributed by atoms with van der Waals surface area (Å²) in [5, 5.41) is 9.35. The number of carbonyl (C=O) groups excluding carboxylic acids is 2. The molecule has 5 heteroatoms. The van der Waals surface area contributed by atoms with Gasteiger partial charge in [-0.15, -0.1) is 0 Å². The van der Waals surface area contributed by atoms with Crippen molar-refractivity contribution in [2.24, 2.45) is 0 Å². The standard InChI is InChI=1S/C23H20O5/c1-16(24)21-4-2-3-5-22(21)27-14-15-28-23(26)19-8-6-17(7-9-19)18-10-12-20(25)13-11-18/h2-13,25H,14-15H2,1H3. The van der Waals surface area contributed by atoms with Gasteiger partial charge in [-0.1, -0.05) is 36.4 Å². The Kier molecular flexibility index (Phi) is 6.07. The molecule has 0 fully saturated rings. The maximum absolute atomic E-state index is 12.2. The molecule has 3 aromatic carbocycles. The summed E-state index contributed by atoms with van der Waals surface area (Å²) < 4.78 is 10.8. The molecule has 5 nitrogen and oxygen atoms in total. The summed E-state index contributed by atoms with van der Waals surface area (Å²) in [4.78, 5) is 23.7. The minimum Gasteiger partial charge on any atom is -0.508 e. The highest BCUT2D eigenvalue weighted by Crippen LogP contribution is 2.22. The van der Waals surface area contributed by atoms with E-state index in [-0.39, 0.29) is 24.7 Å². The van der Waals surface area contributed by atoms with E-state index in [0.717, 1.165) is 11.1 Å². The maximum Gasteiger partial charge on any atom is 0.338 e. The first-order valence-corrected chi connectivity index (χ1v) is 8.84. The highest BCUT2D eigenvalue weighted by molar-refractivity contribution is 5.96. The van der Waals surface area contributed by atoms with Crippen LogP contribution in [0, 0.1) is 0 Å². The Balaban J connectivity index is 1.53. The molecule has 0 bridgehead atoms. The smallest absolute Gasteiger partial charge is 0.338 e. The fourth-order valence-electron chi connectivity index (χ4n) is 2.71. The Bertz CT molecular complexity index is 959. The number of esters is 1. The number of benzene rings is 3. The monoisotopic (exact) mass is 376 g/mol. The molecule has 28 heavy (non-hydrogen) atoms. The molecule has 0 amide bonds. The average Bonchev–Trinajstić information content (AvgIpc) is 2.72. The van der Waals surface area contributed by atoms with Gasteiger partial charge in [0.1, 0.15) is 24.7 Å². The average molecular weight is 376 g/mol. The van der Waals surface area contributed by atoms with E-state index in [2.05, 4.69) is 0 Å². The predicted molar refractivity (Wildman–Crippen MR) is 106 cm³/mol. The number of Topliss-reactive ketones (excluding diaryl/α,β-unsaturated/α-hetero) is 1. The highest BCUT2D eigenvalue weighted by Gasteiger charge is 2.10. The minimum atomic E-state index is -0.444. The van der Waals surface area contributed by atoms with Crippen LogP contribution >= 0.6 is 0 Å². The van der Waals surface area contributed by atoms with Crippen molar-refractivity contribution in [3.8, 4) is 22.6 Å². The molecule has 142 valence electrons. The second kappa shape index (κ2) is 8.86. The van der Waals surface area contributed by atoms with Gasteiger partial charge in [-0.25, -0.2) is 4.79 Å². The molecule has 0 heterocycles. The van der Waals surface area contributed by atoms with Gasteiger partial charge in [-0.2, -0.15) is 0 Å². The minimum absolute atomic E-state index is 0.0742. The number of ether oxygens (including phenoxy) is 2. The van der Waals surface area contributed by atoms with Crippen molar-refractivity contribution >= 4 is 11.8 Å². The summed E-state index contributed by atoms with van der Waals surface area (Å²) in [7, 11) is 0. The normalized spacial score (nSPS) is 10.3. The number of phenols is 1. The van der Waals surface area contributed by atoms with Crippen LogP contribution in [0.3, 0.4) is 0 Å². The molecule has 1 N–H and O–H groups in total. The topological polar surface area (TPSA) is 72.8 Å². The Labute approximate surface area is 163 Å². The van der Waals surface area contributed by atoms with Crippen molar-refractivity contribution in [1.82, 2.24) is 0 Å².